The zero-order valence-corrected chi connectivity index (χ0v) is 11.0. The van der Waals surface area contributed by atoms with Crippen molar-refractivity contribution in [1.82, 2.24) is 10.1 Å². The van der Waals surface area contributed by atoms with Gasteiger partial charge in [-0.3, -0.25) is 4.90 Å². The maximum absolute atomic E-state index is 10.7. The van der Waals surface area contributed by atoms with E-state index in [4.69, 9.17) is 9.63 Å². The molecule has 0 spiro atoms. The Morgan fingerprint density at radius 2 is 2.18 bits per heavy atom. The highest BCUT2D eigenvalue weighted by Crippen LogP contribution is 2.24. The van der Waals surface area contributed by atoms with Crippen LogP contribution >= 0.6 is 0 Å². The molecule has 0 aliphatic carbocycles. The first-order valence-corrected chi connectivity index (χ1v) is 5.61. The lowest BCUT2D eigenvalue weighted by Crippen LogP contribution is -2.38. The fourth-order valence-corrected chi connectivity index (χ4v) is 1.53. The summed E-state index contributed by atoms with van der Waals surface area (Å²) in [5.41, 5.74) is 0.113. The van der Waals surface area contributed by atoms with Crippen LogP contribution in [-0.2, 0) is 6.54 Å². The zero-order chi connectivity index (χ0) is 13.2. The fourth-order valence-electron chi connectivity index (χ4n) is 1.53. The second-order valence-electron chi connectivity index (χ2n) is 5.44. The molecule has 0 saturated heterocycles. The van der Waals surface area contributed by atoms with Crippen LogP contribution in [0, 0.1) is 5.41 Å². The number of aromatic carboxylic acids is 1. The van der Waals surface area contributed by atoms with E-state index in [0.717, 1.165) is 0 Å². The molecular formula is C12H20N2O3. The molecule has 0 radical (unpaired) electrons. The maximum atomic E-state index is 10.7. The molecule has 1 aromatic rings. The molecule has 0 bridgehead atoms. The average Bonchev–Trinajstić information content (AvgIpc) is 2.63. The number of rotatable bonds is 4. The van der Waals surface area contributed by atoms with Crippen molar-refractivity contribution in [1.29, 1.82) is 0 Å². The predicted octanol–water partition coefficient (Wildman–Crippen LogP) is 2.24. The van der Waals surface area contributed by atoms with Crippen LogP contribution in [0.1, 0.15) is 43.9 Å². The third-order valence-electron chi connectivity index (χ3n) is 3.10. The Morgan fingerprint density at radius 3 is 2.59 bits per heavy atom. The van der Waals surface area contributed by atoms with Gasteiger partial charge >= 0.3 is 5.97 Å². The van der Waals surface area contributed by atoms with Crippen LogP contribution in [0.4, 0.5) is 0 Å². The van der Waals surface area contributed by atoms with Crippen molar-refractivity contribution in [3.8, 4) is 0 Å². The monoisotopic (exact) mass is 240 g/mol. The first kappa shape index (κ1) is 13.7. The van der Waals surface area contributed by atoms with Crippen LogP contribution in [-0.4, -0.2) is 34.2 Å². The molecule has 0 aliphatic rings. The van der Waals surface area contributed by atoms with Crippen molar-refractivity contribution < 1.29 is 14.4 Å². The van der Waals surface area contributed by atoms with Gasteiger partial charge in [-0.25, -0.2) is 4.79 Å². The Morgan fingerprint density at radius 1 is 1.59 bits per heavy atom. The highest BCUT2D eigenvalue weighted by atomic mass is 16.5. The highest BCUT2D eigenvalue weighted by molar-refractivity contribution is 5.85. The number of hydrogen-bond donors (Lipinski definition) is 1. The lowest BCUT2D eigenvalue weighted by Gasteiger charge is -2.34. The number of nitrogens with zero attached hydrogens (tertiary/aromatic N) is 2. The van der Waals surface area contributed by atoms with E-state index in [0.29, 0.717) is 18.3 Å². The number of carboxylic acids is 1. The summed E-state index contributed by atoms with van der Waals surface area (Å²) in [6, 6.07) is 1.81. The summed E-state index contributed by atoms with van der Waals surface area (Å²) < 4.78 is 4.99. The van der Waals surface area contributed by atoms with Gasteiger partial charge in [0, 0.05) is 12.1 Å². The van der Waals surface area contributed by atoms with Gasteiger partial charge in [0.2, 0.25) is 0 Å². The Balaban J connectivity index is 2.68. The summed E-state index contributed by atoms with van der Waals surface area (Å²) in [5, 5.41) is 12.2. The third kappa shape index (κ3) is 3.56. The van der Waals surface area contributed by atoms with E-state index in [9.17, 15) is 4.79 Å². The van der Waals surface area contributed by atoms with Gasteiger partial charge in [0.05, 0.1) is 6.54 Å². The Kier molecular flexibility index (Phi) is 3.93. The lowest BCUT2D eigenvalue weighted by atomic mass is 9.87. The van der Waals surface area contributed by atoms with Crippen molar-refractivity contribution in [2.24, 2.45) is 5.41 Å². The molecule has 0 amide bonds. The summed E-state index contributed by atoms with van der Waals surface area (Å²) >= 11 is 0. The molecule has 1 aromatic heterocycles. The molecule has 0 fully saturated rings. The van der Waals surface area contributed by atoms with Crippen molar-refractivity contribution >= 4 is 5.97 Å². The molecule has 0 aliphatic heterocycles. The largest absolute Gasteiger partial charge is 0.476 e. The maximum Gasteiger partial charge on any atom is 0.358 e. The van der Waals surface area contributed by atoms with Crippen LogP contribution in [0.2, 0.25) is 0 Å². The van der Waals surface area contributed by atoms with E-state index < -0.39 is 5.97 Å². The van der Waals surface area contributed by atoms with Gasteiger partial charge < -0.3 is 9.63 Å². The molecule has 17 heavy (non-hydrogen) atoms. The number of hydrogen-bond acceptors (Lipinski definition) is 4. The van der Waals surface area contributed by atoms with Gasteiger partial charge in [-0.2, -0.15) is 0 Å². The molecule has 1 atom stereocenters. The molecule has 1 N–H and O–H groups in total. The lowest BCUT2D eigenvalue weighted by molar-refractivity contribution is 0.0685. The average molecular weight is 240 g/mol. The molecule has 5 heteroatoms. The number of carboxylic acid groups (broad SMARTS) is 1. The molecule has 1 unspecified atom stereocenters. The van der Waals surface area contributed by atoms with Crippen LogP contribution in [0.5, 0.6) is 0 Å². The van der Waals surface area contributed by atoms with E-state index in [1.807, 2.05) is 7.05 Å². The molecule has 5 nitrogen and oxygen atoms in total. The predicted molar refractivity (Wildman–Crippen MR) is 63.8 cm³/mol. The fraction of sp³-hybridized carbons (Fsp3) is 0.667. The molecule has 0 saturated carbocycles. The summed E-state index contributed by atoms with van der Waals surface area (Å²) in [6.45, 7) is 9.18. The van der Waals surface area contributed by atoms with Gasteiger partial charge in [0.15, 0.2) is 11.5 Å². The van der Waals surface area contributed by atoms with Crippen molar-refractivity contribution in [2.45, 2.75) is 40.3 Å². The van der Waals surface area contributed by atoms with Crippen LogP contribution < -0.4 is 0 Å². The first-order chi connectivity index (χ1) is 7.71. The van der Waals surface area contributed by atoms with Crippen LogP contribution in [0.25, 0.3) is 0 Å². The molecule has 0 aromatic carbocycles. The molecule has 1 heterocycles. The Hall–Kier alpha value is -1.36. The highest BCUT2D eigenvalue weighted by Gasteiger charge is 2.24. The van der Waals surface area contributed by atoms with E-state index in [1.165, 1.54) is 6.07 Å². The molecule has 1 rings (SSSR count). The van der Waals surface area contributed by atoms with Crippen molar-refractivity contribution in [3.63, 3.8) is 0 Å². The standard InChI is InChI=1S/C12H20N2O3/c1-8(12(2,3)4)14(5)7-9-6-10(11(15)16)13-17-9/h6,8H,7H2,1-5H3,(H,15,16). The van der Waals surface area contributed by atoms with Crippen LogP contribution in [0.15, 0.2) is 10.6 Å². The summed E-state index contributed by atoms with van der Waals surface area (Å²) in [7, 11) is 1.98. The summed E-state index contributed by atoms with van der Waals surface area (Å²) in [6.07, 6.45) is 0. The second kappa shape index (κ2) is 4.87. The Bertz CT molecular complexity index is 393. The minimum atomic E-state index is -1.06. The third-order valence-corrected chi connectivity index (χ3v) is 3.10. The van der Waals surface area contributed by atoms with E-state index >= 15 is 0 Å². The quantitative estimate of drug-likeness (QED) is 0.874. The topological polar surface area (TPSA) is 66.6 Å². The van der Waals surface area contributed by atoms with E-state index in [2.05, 4.69) is 37.8 Å². The molecule has 96 valence electrons. The Labute approximate surface area is 101 Å². The summed E-state index contributed by atoms with van der Waals surface area (Å²) in [4.78, 5) is 12.8. The van der Waals surface area contributed by atoms with E-state index in [1.54, 1.807) is 0 Å². The molecular weight excluding hydrogens is 220 g/mol. The zero-order valence-electron chi connectivity index (χ0n) is 11.0. The minimum absolute atomic E-state index is 0.0446. The van der Waals surface area contributed by atoms with Crippen molar-refractivity contribution in [2.75, 3.05) is 7.05 Å². The van der Waals surface area contributed by atoms with Crippen LogP contribution in [0.3, 0.4) is 0 Å². The number of carbonyl (C=O) groups is 1. The normalized spacial score (nSPS) is 14.0. The second-order valence-corrected chi connectivity index (χ2v) is 5.44. The number of aromatic nitrogens is 1. The van der Waals surface area contributed by atoms with Gasteiger partial charge in [0.25, 0.3) is 0 Å². The van der Waals surface area contributed by atoms with Crippen molar-refractivity contribution in [3.05, 3.63) is 17.5 Å². The van der Waals surface area contributed by atoms with Gasteiger partial charge in [0.1, 0.15) is 0 Å². The minimum Gasteiger partial charge on any atom is -0.476 e. The van der Waals surface area contributed by atoms with Gasteiger partial charge in [-0.05, 0) is 19.4 Å². The van der Waals surface area contributed by atoms with E-state index in [-0.39, 0.29) is 11.1 Å². The first-order valence-electron chi connectivity index (χ1n) is 5.61. The smallest absolute Gasteiger partial charge is 0.358 e. The van der Waals surface area contributed by atoms with Gasteiger partial charge in [-0.15, -0.1) is 0 Å². The van der Waals surface area contributed by atoms with Gasteiger partial charge in [-0.1, -0.05) is 25.9 Å². The SMILES string of the molecule is CC(N(C)Cc1cc(C(=O)O)no1)C(C)(C)C. The summed E-state index contributed by atoms with van der Waals surface area (Å²) in [5.74, 6) is -0.493.